The summed E-state index contributed by atoms with van der Waals surface area (Å²) in [6, 6.07) is 12.7. The quantitative estimate of drug-likeness (QED) is 0.654. The fraction of sp³-hybridized carbons (Fsp3) is 0.409. The molecule has 3 rings (SSSR count). The maximum atomic E-state index is 13.4. The molecule has 156 valence electrons. The first kappa shape index (κ1) is 21.9. The van der Waals surface area contributed by atoms with Gasteiger partial charge in [0.05, 0.1) is 17.0 Å². The third-order valence-electron chi connectivity index (χ3n) is 5.09. The van der Waals surface area contributed by atoms with Crippen LogP contribution in [0.2, 0.25) is 10.0 Å². The molecule has 2 aromatic carbocycles. The molecule has 7 heteroatoms. The number of carbonyl (C=O) groups excluding carboxylic acids is 1. The van der Waals surface area contributed by atoms with Gasteiger partial charge in [-0.3, -0.25) is 4.79 Å². The van der Waals surface area contributed by atoms with Crippen molar-refractivity contribution >= 4 is 34.8 Å². The standard InChI is InChI=1S/C22H25Cl2NO4/c1-15(14-27-2)29-20-8-7-16(13-19(20)24)25-21(26)22(9-11-28-12-10-22)17-5-3-4-6-18(17)23/h3-8,13,15H,9-12,14H2,1-2H3,(H,25,26). The first-order valence-corrected chi connectivity index (χ1v) is 10.3. The Morgan fingerprint density at radius 2 is 1.90 bits per heavy atom. The van der Waals surface area contributed by atoms with Gasteiger partial charge in [0.15, 0.2) is 0 Å². The summed E-state index contributed by atoms with van der Waals surface area (Å²) in [6.45, 7) is 3.36. The molecular weight excluding hydrogens is 413 g/mol. The number of nitrogens with one attached hydrogen (secondary N) is 1. The first-order chi connectivity index (χ1) is 14.0. The molecule has 0 bridgehead atoms. The third-order valence-corrected chi connectivity index (χ3v) is 5.71. The van der Waals surface area contributed by atoms with Crippen LogP contribution in [-0.2, 0) is 19.7 Å². The van der Waals surface area contributed by atoms with E-state index >= 15 is 0 Å². The summed E-state index contributed by atoms with van der Waals surface area (Å²) in [6.07, 6.45) is 0.988. The Morgan fingerprint density at radius 1 is 1.17 bits per heavy atom. The lowest BCUT2D eigenvalue weighted by atomic mass is 9.73. The van der Waals surface area contributed by atoms with Crippen LogP contribution in [-0.4, -0.2) is 38.9 Å². The van der Waals surface area contributed by atoms with Crippen LogP contribution in [0.15, 0.2) is 42.5 Å². The zero-order chi connectivity index (χ0) is 20.9. The Kier molecular flexibility index (Phi) is 7.41. The molecule has 1 amide bonds. The van der Waals surface area contributed by atoms with E-state index in [9.17, 15) is 4.79 Å². The minimum Gasteiger partial charge on any atom is -0.487 e. The Bertz CT molecular complexity index is 852. The van der Waals surface area contributed by atoms with Crippen LogP contribution in [0.4, 0.5) is 5.69 Å². The number of hydrogen-bond donors (Lipinski definition) is 1. The van der Waals surface area contributed by atoms with Crippen molar-refractivity contribution in [1.82, 2.24) is 0 Å². The van der Waals surface area contributed by atoms with E-state index in [0.717, 1.165) is 5.56 Å². The van der Waals surface area contributed by atoms with Gasteiger partial charge in [-0.2, -0.15) is 0 Å². The highest BCUT2D eigenvalue weighted by Crippen LogP contribution is 2.40. The third kappa shape index (κ3) is 5.04. The van der Waals surface area contributed by atoms with Crippen molar-refractivity contribution in [2.75, 3.05) is 32.2 Å². The molecule has 0 saturated carbocycles. The summed E-state index contributed by atoms with van der Waals surface area (Å²) >= 11 is 12.8. The second-order valence-electron chi connectivity index (χ2n) is 7.16. The maximum absolute atomic E-state index is 13.4. The number of halogens is 2. The summed E-state index contributed by atoms with van der Waals surface area (Å²) in [5.41, 5.74) is 0.678. The number of ether oxygens (including phenoxy) is 3. The van der Waals surface area contributed by atoms with Gasteiger partial charge in [-0.1, -0.05) is 41.4 Å². The Labute approximate surface area is 181 Å². The van der Waals surface area contributed by atoms with Crippen molar-refractivity contribution in [2.24, 2.45) is 0 Å². The Morgan fingerprint density at radius 3 is 2.55 bits per heavy atom. The Balaban J connectivity index is 1.82. The van der Waals surface area contributed by atoms with Crippen LogP contribution in [0.5, 0.6) is 5.75 Å². The van der Waals surface area contributed by atoms with E-state index in [1.54, 1.807) is 25.3 Å². The van der Waals surface area contributed by atoms with Crippen LogP contribution in [0, 0.1) is 0 Å². The van der Waals surface area contributed by atoms with Gasteiger partial charge in [0.2, 0.25) is 5.91 Å². The van der Waals surface area contributed by atoms with Gasteiger partial charge in [0, 0.05) is 31.0 Å². The van der Waals surface area contributed by atoms with Crippen molar-refractivity contribution in [1.29, 1.82) is 0 Å². The monoisotopic (exact) mass is 437 g/mol. The van der Waals surface area contributed by atoms with Crippen molar-refractivity contribution in [3.63, 3.8) is 0 Å². The van der Waals surface area contributed by atoms with Crippen molar-refractivity contribution < 1.29 is 19.0 Å². The van der Waals surface area contributed by atoms with E-state index in [1.807, 2.05) is 31.2 Å². The zero-order valence-corrected chi connectivity index (χ0v) is 18.1. The summed E-state index contributed by atoms with van der Waals surface area (Å²) < 4.78 is 16.3. The summed E-state index contributed by atoms with van der Waals surface area (Å²) in [5.74, 6) is 0.424. The summed E-state index contributed by atoms with van der Waals surface area (Å²) in [5, 5.41) is 4.01. The molecule has 0 aromatic heterocycles. The van der Waals surface area contributed by atoms with Crippen LogP contribution >= 0.6 is 23.2 Å². The second-order valence-corrected chi connectivity index (χ2v) is 7.97. The van der Waals surface area contributed by atoms with E-state index in [0.29, 0.717) is 54.1 Å². The molecule has 0 radical (unpaired) electrons. The maximum Gasteiger partial charge on any atom is 0.235 e. The molecule has 2 aromatic rings. The van der Waals surface area contributed by atoms with Crippen LogP contribution in [0.3, 0.4) is 0 Å². The number of rotatable bonds is 7. The number of hydrogen-bond acceptors (Lipinski definition) is 4. The van der Waals surface area contributed by atoms with Crippen LogP contribution < -0.4 is 10.1 Å². The normalized spacial score (nSPS) is 16.8. The lowest BCUT2D eigenvalue weighted by Crippen LogP contribution is -2.45. The fourth-order valence-electron chi connectivity index (χ4n) is 3.60. The average molecular weight is 438 g/mol. The smallest absolute Gasteiger partial charge is 0.235 e. The summed E-state index contributed by atoms with van der Waals surface area (Å²) in [7, 11) is 1.62. The van der Waals surface area contributed by atoms with Crippen molar-refractivity contribution in [3.05, 3.63) is 58.1 Å². The molecule has 1 N–H and O–H groups in total. The minimum atomic E-state index is -0.745. The molecule has 1 atom stereocenters. The number of anilines is 1. The fourth-order valence-corrected chi connectivity index (χ4v) is 4.14. The molecule has 1 fully saturated rings. The minimum absolute atomic E-state index is 0.119. The van der Waals surface area contributed by atoms with Gasteiger partial charge in [-0.25, -0.2) is 0 Å². The average Bonchev–Trinajstić information content (AvgIpc) is 2.71. The van der Waals surface area contributed by atoms with Gasteiger partial charge in [-0.05, 0) is 49.6 Å². The molecule has 0 aliphatic carbocycles. The van der Waals surface area contributed by atoms with Gasteiger partial charge in [-0.15, -0.1) is 0 Å². The lowest BCUT2D eigenvalue weighted by Gasteiger charge is -2.36. The van der Waals surface area contributed by atoms with E-state index in [-0.39, 0.29) is 12.0 Å². The number of amides is 1. The van der Waals surface area contributed by atoms with Crippen LogP contribution in [0.1, 0.15) is 25.3 Å². The van der Waals surface area contributed by atoms with Crippen LogP contribution in [0.25, 0.3) is 0 Å². The Hall–Kier alpha value is -1.79. The molecule has 5 nitrogen and oxygen atoms in total. The highest BCUT2D eigenvalue weighted by atomic mass is 35.5. The number of methoxy groups -OCH3 is 1. The highest BCUT2D eigenvalue weighted by molar-refractivity contribution is 6.32. The SMILES string of the molecule is COCC(C)Oc1ccc(NC(=O)C2(c3ccccc3Cl)CCOCC2)cc1Cl. The number of benzene rings is 2. The molecule has 1 unspecified atom stereocenters. The predicted octanol–water partition coefficient (Wildman–Crippen LogP) is 5.09. The molecular formula is C22H25Cl2NO4. The molecule has 0 spiro atoms. The molecule has 1 aliphatic heterocycles. The van der Waals surface area contributed by atoms with Gasteiger partial charge >= 0.3 is 0 Å². The predicted molar refractivity (Wildman–Crippen MR) is 115 cm³/mol. The van der Waals surface area contributed by atoms with E-state index in [4.69, 9.17) is 37.4 Å². The van der Waals surface area contributed by atoms with E-state index in [1.165, 1.54) is 0 Å². The number of carbonyl (C=O) groups is 1. The van der Waals surface area contributed by atoms with Crippen molar-refractivity contribution in [3.8, 4) is 5.75 Å². The van der Waals surface area contributed by atoms with Gasteiger partial charge < -0.3 is 19.5 Å². The topological polar surface area (TPSA) is 56.8 Å². The molecule has 1 saturated heterocycles. The van der Waals surface area contributed by atoms with Gasteiger partial charge in [0.1, 0.15) is 11.9 Å². The van der Waals surface area contributed by atoms with Gasteiger partial charge in [0.25, 0.3) is 0 Å². The highest BCUT2D eigenvalue weighted by Gasteiger charge is 2.43. The molecule has 29 heavy (non-hydrogen) atoms. The lowest BCUT2D eigenvalue weighted by molar-refractivity contribution is -0.125. The van der Waals surface area contributed by atoms with E-state index in [2.05, 4.69) is 5.32 Å². The largest absolute Gasteiger partial charge is 0.487 e. The molecule has 1 heterocycles. The van der Waals surface area contributed by atoms with E-state index < -0.39 is 5.41 Å². The summed E-state index contributed by atoms with van der Waals surface area (Å²) in [4.78, 5) is 13.4. The first-order valence-electron chi connectivity index (χ1n) is 9.55. The molecule has 1 aliphatic rings. The second kappa shape index (κ2) is 9.81. The van der Waals surface area contributed by atoms with Crippen molar-refractivity contribution in [2.45, 2.75) is 31.3 Å². The zero-order valence-electron chi connectivity index (χ0n) is 16.5.